The molecule has 102 valence electrons. The van der Waals surface area contributed by atoms with Gasteiger partial charge in [0.25, 0.3) is 0 Å². The molecule has 0 aromatic carbocycles. The van der Waals surface area contributed by atoms with Crippen LogP contribution in [0.15, 0.2) is 0 Å². The van der Waals surface area contributed by atoms with Crippen molar-refractivity contribution in [3.05, 3.63) is 0 Å². The minimum absolute atomic E-state index is 0.0799. The highest BCUT2D eigenvalue weighted by molar-refractivity contribution is 5.83. The van der Waals surface area contributed by atoms with E-state index in [1.807, 2.05) is 0 Å². The third-order valence-corrected chi connectivity index (χ3v) is 4.29. The first-order valence-electron chi connectivity index (χ1n) is 7.08. The van der Waals surface area contributed by atoms with Crippen LogP contribution in [0.2, 0.25) is 0 Å². The van der Waals surface area contributed by atoms with E-state index < -0.39 is 6.04 Å². The standard InChI is InChI=1S/C15H21N3O/c1-2-5-12-8-9-13(10-16)18(12)15(19)14(17)11-6-3-4-7-11/h11-14H,3-4,6-9,17H2,1H3/t12-,13+,14+/m1/s1. The van der Waals surface area contributed by atoms with Crippen LogP contribution in [0.5, 0.6) is 0 Å². The molecule has 4 nitrogen and oxygen atoms in total. The fourth-order valence-corrected chi connectivity index (χ4v) is 3.24. The van der Waals surface area contributed by atoms with Gasteiger partial charge in [-0.05, 0) is 38.5 Å². The molecule has 2 N–H and O–H groups in total. The monoisotopic (exact) mass is 259 g/mol. The van der Waals surface area contributed by atoms with Crippen molar-refractivity contribution in [2.45, 2.75) is 63.6 Å². The van der Waals surface area contributed by atoms with Gasteiger partial charge in [-0.3, -0.25) is 4.79 Å². The topological polar surface area (TPSA) is 70.1 Å². The summed E-state index contributed by atoms with van der Waals surface area (Å²) in [6.45, 7) is 1.76. The first-order valence-corrected chi connectivity index (χ1v) is 7.08. The van der Waals surface area contributed by atoms with Gasteiger partial charge in [0.05, 0.1) is 18.2 Å². The fourth-order valence-electron chi connectivity index (χ4n) is 3.24. The Morgan fingerprint density at radius 2 is 1.89 bits per heavy atom. The quantitative estimate of drug-likeness (QED) is 0.762. The van der Waals surface area contributed by atoms with Gasteiger partial charge in [-0.25, -0.2) is 0 Å². The number of rotatable bonds is 2. The summed E-state index contributed by atoms with van der Waals surface area (Å²) in [5, 5.41) is 9.19. The molecule has 1 saturated carbocycles. The molecule has 0 radical (unpaired) electrons. The van der Waals surface area contributed by atoms with Crippen molar-refractivity contribution >= 4 is 5.91 Å². The van der Waals surface area contributed by atoms with Crippen molar-refractivity contribution < 1.29 is 4.79 Å². The lowest BCUT2D eigenvalue weighted by Gasteiger charge is -2.29. The summed E-state index contributed by atoms with van der Waals surface area (Å²) >= 11 is 0. The molecule has 0 bridgehead atoms. The molecule has 0 unspecified atom stereocenters. The van der Waals surface area contributed by atoms with E-state index in [1.54, 1.807) is 11.8 Å². The highest BCUT2D eigenvalue weighted by Gasteiger charge is 2.40. The number of hydrogen-bond acceptors (Lipinski definition) is 3. The Hall–Kier alpha value is -1.52. The summed E-state index contributed by atoms with van der Waals surface area (Å²) < 4.78 is 0. The number of nitriles is 1. The Bertz CT molecular complexity index is 437. The van der Waals surface area contributed by atoms with Crippen LogP contribution in [0.25, 0.3) is 0 Å². The predicted octanol–water partition coefficient (Wildman–Crippen LogP) is 1.41. The summed E-state index contributed by atoms with van der Waals surface area (Å²) in [5.41, 5.74) is 6.13. The Morgan fingerprint density at radius 1 is 1.26 bits per heavy atom. The SMILES string of the molecule is CC#C[C@@H]1CC[C@@H](C#N)N1C(=O)[C@@H](N)C1CCCC1. The first kappa shape index (κ1) is 13.9. The molecular weight excluding hydrogens is 238 g/mol. The maximum atomic E-state index is 12.6. The van der Waals surface area contributed by atoms with Gasteiger partial charge in [0.15, 0.2) is 0 Å². The van der Waals surface area contributed by atoms with E-state index in [4.69, 9.17) is 5.73 Å². The first-order chi connectivity index (χ1) is 9.19. The van der Waals surface area contributed by atoms with Crippen LogP contribution < -0.4 is 5.73 Å². The number of hydrogen-bond donors (Lipinski definition) is 1. The van der Waals surface area contributed by atoms with Gasteiger partial charge in [0, 0.05) is 0 Å². The van der Waals surface area contributed by atoms with E-state index in [0.717, 1.165) is 32.1 Å². The van der Waals surface area contributed by atoms with Gasteiger partial charge in [0.1, 0.15) is 6.04 Å². The highest BCUT2D eigenvalue weighted by Crippen LogP contribution is 2.30. The second-order valence-electron chi connectivity index (χ2n) is 5.45. The predicted molar refractivity (Wildman–Crippen MR) is 72.7 cm³/mol. The molecule has 1 aliphatic carbocycles. The smallest absolute Gasteiger partial charge is 0.241 e. The third kappa shape index (κ3) is 2.74. The number of nitrogens with zero attached hydrogens (tertiary/aromatic N) is 2. The van der Waals surface area contributed by atoms with E-state index in [0.29, 0.717) is 6.42 Å². The lowest BCUT2D eigenvalue weighted by Crippen LogP contribution is -2.51. The van der Waals surface area contributed by atoms with Crippen LogP contribution in [0.3, 0.4) is 0 Å². The fraction of sp³-hybridized carbons (Fsp3) is 0.733. The zero-order valence-electron chi connectivity index (χ0n) is 11.4. The van der Waals surface area contributed by atoms with Gasteiger partial charge in [-0.2, -0.15) is 5.26 Å². The van der Waals surface area contributed by atoms with Crippen LogP contribution in [-0.2, 0) is 4.79 Å². The van der Waals surface area contributed by atoms with Crippen molar-refractivity contribution in [3.63, 3.8) is 0 Å². The summed E-state index contributed by atoms with van der Waals surface area (Å²) in [6.07, 6.45) is 5.86. The number of carbonyl (C=O) groups is 1. The summed E-state index contributed by atoms with van der Waals surface area (Å²) in [4.78, 5) is 14.2. The van der Waals surface area contributed by atoms with E-state index in [9.17, 15) is 10.1 Å². The van der Waals surface area contributed by atoms with E-state index in [1.165, 1.54) is 0 Å². The Kier molecular flexibility index (Phi) is 4.45. The molecule has 2 fully saturated rings. The van der Waals surface area contributed by atoms with Crippen molar-refractivity contribution in [1.82, 2.24) is 4.90 Å². The van der Waals surface area contributed by atoms with Crippen molar-refractivity contribution in [3.8, 4) is 17.9 Å². The molecule has 1 aliphatic heterocycles. The van der Waals surface area contributed by atoms with Crippen molar-refractivity contribution in [2.24, 2.45) is 11.7 Å². The van der Waals surface area contributed by atoms with Crippen LogP contribution in [0, 0.1) is 29.1 Å². The summed E-state index contributed by atoms with van der Waals surface area (Å²) in [5.74, 6) is 6.09. The minimum Gasteiger partial charge on any atom is -0.320 e. The molecule has 1 heterocycles. The zero-order valence-corrected chi connectivity index (χ0v) is 11.4. The van der Waals surface area contributed by atoms with E-state index in [2.05, 4.69) is 17.9 Å². The van der Waals surface area contributed by atoms with Gasteiger partial charge >= 0.3 is 0 Å². The van der Waals surface area contributed by atoms with Crippen LogP contribution in [0.4, 0.5) is 0 Å². The molecule has 2 rings (SSSR count). The van der Waals surface area contributed by atoms with E-state index in [-0.39, 0.29) is 23.9 Å². The minimum atomic E-state index is -0.461. The lowest BCUT2D eigenvalue weighted by molar-refractivity contribution is -0.134. The largest absolute Gasteiger partial charge is 0.320 e. The van der Waals surface area contributed by atoms with Crippen molar-refractivity contribution in [2.75, 3.05) is 0 Å². The highest BCUT2D eigenvalue weighted by atomic mass is 16.2. The Morgan fingerprint density at radius 3 is 2.47 bits per heavy atom. The van der Waals surface area contributed by atoms with Gasteiger partial charge in [-0.1, -0.05) is 18.8 Å². The van der Waals surface area contributed by atoms with Gasteiger partial charge < -0.3 is 10.6 Å². The summed E-state index contributed by atoms with van der Waals surface area (Å²) in [7, 11) is 0. The molecule has 0 spiro atoms. The van der Waals surface area contributed by atoms with Crippen molar-refractivity contribution in [1.29, 1.82) is 5.26 Å². The lowest BCUT2D eigenvalue weighted by atomic mass is 9.97. The van der Waals surface area contributed by atoms with Crippen LogP contribution in [-0.4, -0.2) is 28.9 Å². The van der Waals surface area contributed by atoms with Crippen LogP contribution >= 0.6 is 0 Å². The zero-order chi connectivity index (χ0) is 13.8. The maximum Gasteiger partial charge on any atom is 0.241 e. The third-order valence-electron chi connectivity index (χ3n) is 4.29. The Labute approximate surface area is 114 Å². The average Bonchev–Trinajstić information content (AvgIpc) is 3.06. The molecule has 1 amide bonds. The number of amides is 1. The molecule has 4 heteroatoms. The average molecular weight is 259 g/mol. The Balaban J connectivity index is 2.13. The molecular formula is C15H21N3O. The second kappa shape index (κ2) is 6.08. The molecule has 2 aliphatic rings. The number of carbonyl (C=O) groups excluding carboxylic acids is 1. The number of likely N-dealkylation sites (tertiary alicyclic amines) is 1. The second-order valence-corrected chi connectivity index (χ2v) is 5.45. The maximum absolute atomic E-state index is 12.6. The van der Waals surface area contributed by atoms with E-state index >= 15 is 0 Å². The van der Waals surface area contributed by atoms with Gasteiger partial charge in [0.2, 0.25) is 5.91 Å². The molecule has 19 heavy (non-hydrogen) atoms. The molecule has 3 atom stereocenters. The molecule has 0 aromatic rings. The normalized spacial score (nSPS) is 28.6. The molecule has 1 saturated heterocycles. The number of nitrogens with two attached hydrogens (primary N) is 1. The van der Waals surface area contributed by atoms with Gasteiger partial charge in [-0.15, -0.1) is 5.92 Å². The molecule has 0 aromatic heterocycles. The van der Waals surface area contributed by atoms with Crippen LogP contribution in [0.1, 0.15) is 45.4 Å². The summed E-state index contributed by atoms with van der Waals surface area (Å²) in [6, 6.07) is 1.26.